The molecule has 0 amide bonds. The summed E-state index contributed by atoms with van der Waals surface area (Å²) in [4.78, 5) is 2.47. The van der Waals surface area contributed by atoms with Crippen LogP contribution in [0, 0.1) is 12.7 Å². The number of benzene rings is 1. The second-order valence-electron chi connectivity index (χ2n) is 6.12. The number of hydrogen-bond donors (Lipinski definition) is 0. The Morgan fingerprint density at radius 2 is 2.05 bits per heavy atom. The molecular weight excluding hydrogens is 291 g/mol. The Morgan fingerprint density at radius 1 is 1.29 bits per heavy atom. The average molecular weight is 312 g/mol. The van der Waals surface area contributed by atoms with Gasteiger partial charge in [0.1, 0.15) is 5.82 Å². The predicted molar refractivity (Wildman–Crippen MR) is 79.1 cm³/mol. The number of piperazine rings is 1. The lowest BCUT2D eigenvalue weighted by molar-refractivity contribution is 0.117. The van der Waals surface area contributed by atoms with Gasteiger partial charge in [-0.25, -0.2) is 12.8 Å². The fourth-order valence-electron chi connectivity index (χ4n) is 3.47. The van der Waals surface area contributed by atoms with Crippen molar-refractivity contribution >= 4 is 10.0 Å². The van der Waals surface area contributed by atoms with E-state index in [0.717, 1.165) is 32.0 Å². The van der Waals surface area contributed by atoms with Crippen molar-refractivity contribution in [3.05, 3.63) is 29.6 Å². The molecule has 6 heteroatoms. The van der Waals surface area contributed by atoms with Gasteiger partial charge in [0.2, 0.25) is 10.0 Å². The van der Waals surface area contributed by atoms with E-state index >= 15 is 0 Å². The summed E-state index contributed by atoms with van der Waals surface area (Å²) in [5.41, 5.74) is 0.595. The zero-order valence-corrected chi connectivity index (χ0v) is 13.2. The first-order valence-corrected chi connectivity index (χ1v) is 8.85. The second kappa shape index (κ2) is 5.34. The lowest BCUT2D eigenvalue weighted by atomic mass is 10.1. The molecule has 0 bridgehead atoms. The van der Waals surface area contributed by atoms with E-state index < -0.39 is 15.8 Å². The van der Waals surface area contributed by atoms with E-state index in [1.54, 1.807) is 11.2 Å². The van der Waals surface area contributed by atoms with Gasteiger partial charge in [-0.15, -0.1) is 0 Å². The van der Waals surface area contributed by atoms with E-state index in [1.165, 1.54) is 12.1 Å². The Bertz CT molecular complexity index is 647. The largest absolute Gasteiger partial charge is 0.297 e. The van der Waals surface area contributed by atoms with Crippen molar-refractivity contribution in [3.63, 3.8) is 0 Å². The fraction of sp³-hybridized carbons (Fsp3) is 0.600. The third kappa shape index (κ3) is 2.60. The third-order valence-corrected chi connectivity index (χ3v) is 6.74. The number of hydrogen-bond acceptors (Lipinski definition) is 3. The SMILES string of the molecule is Cc1ccc(F)cc1S(=O)(=O)N1C[C@H]2CCCN2C[C@@H]1C. The molecule has 2 fully saturated rings. The van der Waals surface area contributed by atoms with E-state index in [9.17, 15) is 12.8 Å². The minimum atomic E-state index is -3.64. The molecule has 0 radical (unpaired) electrons. The highest BCUT2D eigenvalue weighted by Crippen LogP contribution is 2.30. The van der Waals surface area contributed by atoms with Crippen molar-refractivity contribution in [1.82, 2.24) is 9.21 Å². The summed E-state index contributed by atoms with van der Waals surface area (Å²) in [7, 11) is -3.64. The van der Waals surface area contributed by atoms with E-state index in [-0.39, 0.29) is 10.9 Å². The van der Waals surface area contributed by atoms with Crippen LogP contribution in [0.4, 0.5) is 4.39 Å². The number of fused-ring (bicyclic) bond motifs is 1. The maximum absolute atomic E-state index is 13.5. The third-order valence-electron chi connectivity index (χ3n) is 4.62. The van der Waals surface area contributed by atoms with Crippen LogP contribution in [0.2, 0.25) is 0 Å². The standard InChI is InChI=1S/C15H21FN2O2S/c1-11-5-6-13(16)8-15(11)21(19,20)18-10-14-4-3-7-17(14)9-12(18)2/h5-6,8,12,14H,3-4,7,9-10H2,1-2H3/t12-,14+/m0/s1. The summed E-state index contributed by atoms with van der Waals surface area (Å²) in [5.74, 6) is -0.508. The monoisotopic (exact) mass is 312 g/mol. The molecule has 2 atom stereocenters. The normalized spacial score (nSPS) is 27.8. The summed E-state index contributed by atoms with van der Waals surface area (Å²) >= 11 is 0. The molecule has 0 spiro atoms. The fourth-order valence-corrected chi connectivity index (χ4v) is 5.37. The number of nitrogens with zero attached hydrogens (tertiary/aromatic N) is 2. The van der Waals surface area contributed by atoms with Gasteiger partial charge in [0.05, 0.1) is 4.90 Å². The summed E-state index contributed by atoms with van der Waals surface area (Å²) in [6.45, 7) is 5.98. The van der Waals surface area contributed by atoms with Gasteiger partial charge in [-0.2, -0.15) is 4.31 Å². The maximum atomic E-state index is 13.5. The van der Waals surface area contributed by atoms with Gasteiger partial charge in [0.15, 0.2) is 0 Å². The molecule has 4 nitrogen and oxygen atoms in total. The van der Waals surface area contributed by atoms with Crippen LogP contribution in [0.3, 0.4) is 0 Å². The Hall–Kier alpha value is -0.980. The predicted octanol–water partition coefficient (Wildman–Crippen LogP) is 1.99. The van der Waals surface area contributed by atoms with Crippen LogP contribution in [0.15, 0.2) is 23.1 Å². The van der Waals surface area contributed by atoms with Crippen molar-refractivity contribution in [2.75, 3.05) is 19.6 Å². The first kappa shape index (κ1) is 14.9. The van der Waals surface area contributed by atoms with E-state index in [4.69, 9.17) is 0 Å². The maximum Gasteiger partial charge on any atom is 0.243 e. The Morgan fingerprint density at radius 3 is 2.81 bits per heavy atom. The van der Waals surface area contributed by atoms with Gasteiger partial charge >= 0.3 is 0 Å². The number of aryl methyl sites for hydroxylation is 1. The molecule has 0 aliphatic carbocycles. The highest BCUT2D eigenvalue weighted by atomic mass is 32.2. The highest BCUT2D eigenvalue weighted by Gasteiger charge is 2.40. The average Bonchev–Trinajstić information content (AvgIpc) is 2.87. The smallest absolute Gasteiger partial charge is 0.243 e. The van der Waals surface area contributed by atoms with Gasteiger partial charge in [-0.1, -0.05) is 6.07 Å². The summed E-state index contributed by atoms with van der Waals surface area (Å²) in [6, 6.07) is 4.20. The second-order valence-corrected chi connectivity index (χ2v) is 7.98. The highest BCUT2D eigenvalue weighted by molar-refractivity contribution is 7.89. The summed E-state index contributed by atoms with van der Waals surface area (Å²) < 4.78 is 40.8. The molecule has 116 valence electrons. The molecule has 2 aliphatic heterocycles. The molecule has 1 aromatic carbocycles. The van der Waals surface area contributed by atoms with Crippen LogP contribution >= 0.6 is 0 Å². The van der Waals surface area contributed by atoms with Crippen LogP contribution in [0.5, 0.6) is 0 Å². The van der Waals surface area contributed by atoms with E-state index in [0.29, 0.717) is 18.2 Å². The number of sulfonamides is 1. The van der Waals surface area contributed by atoms with Crippen molar-refractivity contribution in [2.45, 2.75) is 43.7 Å². The van der Waals surface area contributed by atoms with Crippen LogP contribution < -0.4 is 0 Å². The van der Waals surface area contributed by atoms with Crippen LogP contribution in [-0.2, 0) is 10.0 Å². The van der Waals surface area contributed by atoms with Gasteiger partial charge in [-0.05, 0) is 50.9 Å². The Labute approximate surface area is 125 Å². The van der Waals surface area contributed by atoms with Crippen molar-refractivity contribution in [2.24, 2.45) is 0 Å². The molecule has 21 heavy (non-hydrogen) atoms. The quantitative estimate of drug-likeness (QED) is 0.838. The zero-order chi connectivity index (χ0) is 15.2. The summed E-state index contributed by atoms with van der Waals surface area (Å²) in [6.07, 6.45) is 2.17. The number of rotatable bonds is 2. The molecular formula is C15H21FN2O2S. The molecule has 0 N–H and O–H groups in total. The minimum Gasteiger partial charge on any atom is -0.297 e. The van der Waals surface area contributed by atoms with Gasteiger partial charge in [-0.3, -0.25) is 4.90 Å². The van der Waals surface area contributed by atoms with Crippen LogP contribution in [-0.4, -0.2) is 49.3 Å². The Balaban J connectivity index is 1.95. The lowest BCUT2D eigenvalue weighted by Gasteiger charge is -2.41. The molecule has 2 aliphatic rings. The van der Waals surface area contributed by atoms with Crippen LogP contribution in [0.25, 0.3) is 0 Å². The lowest BCUT2D eigenvalue weighted by Crippen LogP contribution is -2.56. The molecule has 3 rings (SSSR count). The first-order chi connectivity index (χ1) is 9.89. The van der Waals surface area contributed by atoms with Crippen molar-refractivity contribution < 1.29 is 12.8 Å². The topological polar surface area (TPSA) is 40.6 Å². The molecule has 1 aromatic rings. The summed E-state index contributed by atoms with van der Waals surface area (Å²) in [5, 5.41) is 0. The number of halogens is 1. The van der Waals surface area contributed by atoms with Gasteiger partial charge in [0.25, 0.3) is 0 Å². The van der Waals surface area contributed by atoms with Crippen LogP contribution in [0.1, 0.15) is 25.3 Å². The van der Waals surface area contributed by atoms with Crippen molar-refractivity contribution in [1.29, 1.82) is 0 Å². The van der Waals surface area contributed by atoms with Crippen molar-refractivity contribution in [3.8, 4) is 0 Å². The first-order valence-electron chi connectivity index (χ1n) is 7.41. The van der Waals surface area contributed by atoms with Gasteiger partial charge in [0, 0.05) is 25.2 Å². The Kier molecular flexibility index (Phi) is 3.80. The molecule has 0 unspecified atom stereocenters. The van der Waals surface area contributed by atoms with E-state index in [1.807, 2.05) is 6.92 Å². The molecule has 0 aromatic heterocycles. The van der Waals surface area contributed by atoms with E-state index in [2.05, 4.69) is 4.90 Å². The molecule has 0 saturated carbocycles. The zero-order valence-electron chi connectivity index (χ0n) is 12.4. The minimum absolute atomic E-state index is 0.0768. The van der Waals surface area contributed by atoms with Gasteiger partial charge < -0.3 is 0 Å². The molecule has 2 heterocycles. The molecule has 2 saturated heterocycles.